The first kappa shape index (κ1) is 14.5. The number of hydrogen-bond acceptors (Lipinski definition) is 2. The molecule has 5 heteroatoms. The van der Waals surface area contributed by atoms with Crippen molar-refractivity contribution >= 4 is 17.6 Å². The molecule has 3 atom stereocenters. The van der Waals surface area contributed by atoms with E-state index in [9.17, 15) is 19.1 Å². The van der Waals surface area contributed by atoms with Gasteiger partial charge >= 0.3 is 5.97 Å². The lowest BCUT2D eigenvalue weighted by molar-refractivity contribution is -0.146. The van der Waals surface area contributed by atoms with Gasteiger partial charge in [-0.3, -0.25) is 9.59 Å². The zero-order chi connectivity index (χ0) is 15.0. The molecule has 0 aliphatic carbocycles. The fourth-order valence-electron chi connectivity index (χ4n) is 2.97. The van der Waals surface area contributed by atoms with Gasteiger partial charge in [-0.1, -0.05) is 13.0 Å². The number of piperidine rings is 1. The average Bonchev–Trinajstić information content (AvgIpc) is 2.32. The highest BCUT2D eigenvalue weighted by Crippen LogP contribution is 2.35. The van der Waals surface area contributed by atoms with Crippen molar-refractivity contribution in [3.8, 4) is 0 Å². The number of carbonyl (C=O) groups is 2. The minimum atomic E-state index is -0.949. The largest absolute Gasteiger partial charge is 0.481 e. The minimum Gasteiger partial charge on any atom is -0.481 e. The van der Waals surface area contributed by atoms with Gasteiger partial charge in [0, 0.05) is 12.5 Å². The van der Waals surface area contributed by atoms with Gasteiger partial charge in [-0.25, -0.2) is 4.39 Å². The van der Waals surface area contributed by atoms with Crippen molar-refractivity contribution in [1.29, 1.82) is 0 Å². The predicted molar refractivity (Wildman–Crippen MR) is 73.0 cm³/mol. The fourth-order valence-corrected chi connectivity index (χ4v) is 2.97. The van der Waals surface area contributed by atoms with Crippen LogP contribution in [0.2, 0.25) is 0 Å². The van der Waals surface area contributed by atoms with Crippen molar-refractivity contribution in [2.45, 2.75) is 33.2 Å². The second-order valence-electron chi connectivity index (χ2n) is 5.50. The second-order valence-corrected chi connectivity index (χ2v) is 5.50. The van der Waals surface area contributed by atoms with Crippen LogP contribution in [-0.2, 0) is 9.59 Å². The lowest BCUT2D eigenvalue weighted by Crippen LogP contribution is -2.53. The number of halogens is 1. The second kappa shape index (κ2) is 5.23. The standard InChI is InChI=1S/C15H18FNO3/c1-8-4-5-11(16)12(6-8)17-10(3)14(15(19)20)9(2)7-13(17)18/h4-6,9-10,14H,7H2,1-3H3,(H,19,20). The van der Waals surface area contributed by atoms with Crippen molar-refractivity contribution in [3.63, 3.8) is 0 Å². The highest BCUT2D eigenvalue weighted by Gasteiger charge is 2.43. The van der Waals surface area contributed by atoms with Crippen LogP contribution in [0.25, 0.3) is 0 Å². The molecule has 1 saturated heterocycles. The van der Waals surface area contributed by atoms with Crippen LogP contribution in [0.15, 0.2) is 18.2 Å². The summed E-state index contributed by atoms with van der Waals surface area (Å²) < 4.78 is 14.0. The molecule has 0 saturated carbocycles. The molecule has 0 bridgehead atoms. The summed E-state index contributed by atoms with van der Waals surface area (Å²) >= 11 is 0. The molecule has 0 spiro atoms. The summed E-state index contributed by atoms with van der Waals surface area (Å²) in [6, 6.07) is 3.94. The Kier molecular flexibility index (Phi) is 3.79. The summed E-state index contributed by atoms with van der Waals surface area (Å²) in [4.78, 5) is 24.9. The van der Waals surface area contributed by atoms with Gasteiger partial charge in [0.05, 0.1) is 11.6 Å². The smallest absolute Gasteiger partial charge is 0.308 e. The predicted octanol–water partition coefficient (Wildman–Crippen LogP) is 2.60. The summed E-state index contributed by atoms with van der Waals surface area (Å²) in [7, 11) is 0. The number of hydrogen-bond donors (Lipinski definition) is 1. The van der Waals surface area contributed by atoms with E-state index in [-0.39, 0.29) is 23.9 Å². The van der Waals surface area contributed by atoms with Gasteiger partial charge in [-0.2, -0.15) is 0 Å². The number of benzene rings is 1. The lowest BCUT2D eigenvalue weighted by Gasteiger charge is -2.40. The van der Waals surface area contributed by atoms with Crippen molar-refractivity contribution < 1.29 is 19.1 Å². The van der Waals surface area contributed by atoms with E-state index in [1.165, 1.54) is 11.0 Å². The number of carboxylic acids is 1. The van der Waals surface area contributed by atoms with Crippen LogP contribution in [0.1, 0.15) is 25.8 Å². The molecule has 2 rings (SSSR count). The average molecular weight is 279 g/mol. The van der Waals surface area contributed by atoms with E-state index in [1.54, 1.807) is 32.9 Å². The first-order valence-electron chi connectivity index (χ1n) is 6.64. The highest BCUT2D eigenvalue weighted by molar-refractivity contribution is 5.96. The molecule has 1 amide bonds. The topological polar surface area (TPSA) is 57.6 Å². The van der Waals surface area contributed by atoms with E-state index in [2.05, 4.69) is 0 Å². The van der Waals surface area contributed by atoms with Crippen molar-refractivity contribution in [1.82, 2.24) is 0 Å². The number of carbonyl (C=O) groups excluding carboxylic acids is 1. The third-order valence-electron chi connectivity index (χ3n) is 3.95. The maximum Gasteiger partial charge on any atom is 0.308 e. The highest BCUT2D eigenvalue weighted by atomic mass is 19.1. The summed E-state index contributed by atoms with van der Waals surface area (Å²) in [5.74, 6) is -2.62. The molecule has 1 fully saturated rings. The molecule has 1 aromatic carbocycles. The third-order valence-corrected chi connectivity index (χ3v) is 3.95. The Balaban J connectivity index is 2.46. The monoisotopic (exact) mass is 279 g/mol. The normalized spacial score (nSPS) is 26.7. The fraction of sp³-hybridized carbons (Fsp3) is 0.467. The Bertz CT molecular complexity index is 558. The van der Waals surface area contributed by atoms with Crippen molar-refractivity contribution in [2.24, 2.45) is 11.8 Å². The maximum atomic E-state index is 14.0. The van der Waals surface area contributed by atoms with Gasteiger partial charge in [-0.15, -0.1) is 0 Å². The molecule has 20 heavy (non-hydrogen) atoms. The summed E-state index contributed by atoms with van der Waals surface area (Å²) in [5.41, 5.74) is 0.993. The molecule has 1 heterocycles. The van der Waals surface area contributed by atoms with Crippen LogP contribution < -0.4 is 4.90 Å². The van der Waals surface area contributed by atoms with Gasteiger partial charge in [0.1, 0.15) is 5.82 Å². The van der Waals surface area contributed by atoms with Crippen LogP contribution in [0.4, 0.5) is 10.1 Å². The van der Waals surface area contributed by atoms with Gasteiger partial charge in [0.2, 0.25) is 5.91 Å². The van der Waals surface area contributed by atoms with E-state index in [0.29, 0.717) is 0 Å². The molecule has 1 aromatic rings. The summed E-state index contributed by atoms with van der Waals surface area (Å²) in [6.07, 6.45) is 0.120. The lowest BCUT2D eigenvalue weighted by atomic mass is 9.80. The number of rotatable bonds is 2. The Hall–Kier alpha value is -1.91. The quantitative estimate of drug-likeness (QED) is 0.905. The van der Waals surface area contributed by atoms with Crippen LogP contribution in [0.3, 0.4) is 0 Å². The minimum absolute atomic E-state index is 0.120. The molecule has 4 nitrogen and oxygen atoms in total. The first-order valence-corrected chi connectivity index (χ1v) is 6.64. The van der Waals surface area contributed by atoms with E-state index < -0.39 is 23.7 Å². The van der Waals surface area contributed by atoms with Crippen LogP contribution in [0.5, 0.6) is 0 Å². The number of anilines is 1. The first-order chi connectivity index (χ1) is 9.32. The number of aryl methyl sites for hydroxylation is 1. The Morgan fingerprint density at radius 3 is 2.65 bits per heavy atom. The van der Waals surface area contributed by atoms with Crippen molar-refractivity contribution in [3.05, 3.63) is 29.6 Å². The van der Waals surface area contributed by atoms with Gasteiger partial charge < -0.3 is 10.0 Å². The molecule has 0 aromatic heterocycles. The number of aliphatic carboxylic acids is 1. The van der Waals surface area contributed by atoms with Crippen LogP contribution in [0, 0.1) is 24.6 Å². The Morgan fingerprint density at radius 1 is 1.40 bits per heavy atom. The Labute approximate surface area is 117 Å². The summed E-state index contributed by atoms with van der Waals surface area (Å²) in [5, 5.41) is 9.32. The Morgan fingerprint density at radius 2 is 2.05 bits per heavy atom. The molecule has 1 aliphatic rings. The van der Waals surface area contributed by atoms with Gasteiger partial charge in [0.25, 0.3) is 0 Å². The van der Waals surface area contributed by atoms with Crippen LogP contribution >= 0.6 is 0 Å². The number of carboxylic acid groups (broad SMARTS) is 1. The molecule has 1 N–H and O–H groups in total. The maximum absolute atomic E-state index is 14.0. The van der Waals surface area contributed by atoms with Gasteiger partial charge in [0.15, 0.2) is 0 Å². The zero-order valence-corrected chi connectivity index (χ0v) is 11.8. The summed E-state index contributed by atoms with van der Waals surface area (Å²) in [6.45, 7) is 5.21. The third kappa shape index (κ3) is 2.40. The number of nitrogens with zero attached hydrogens (tertiary/aromatic N) is 1. The molecular formula is C15H18FNO3. The zero-order valence-electron chi connectivity index (χ0n) is 11.8. The van der Waals surface area contributed by atoms with E-state index in [0.717, 1.165) is 5.56 Å². The molecule has 3 unspecified atom stereocenters. The molecular weight excluding hydrogens is 261 g/mol. The van der Waals surface area contributed by atoms with E-state index in [4.69, 9.17) is 0 Å². The molecule has 1 aliphatic heterocycles. The van der Waals surface area contributed by atoms with E-state index >= 15 is 0 Å². The van der Waals surface area contributed by atoms with E-state index in [1.807, 2.05) is 0 Å². The number of amides is 1. The van der Waals surface area contributed by atoms with Crippen LogP contribution in [-0.4, -0.2) is 23.0 Å². The van der Waals surface area contributed by atoms with Crippen molar-refractivity contribution in [2.75, 3.05) is 4.90 Å². The van der Waals surface area contributed by atoms with Gasteiger partial charge in [-0.05, 0) is 37.5 Å². The molecule has 108 valence electrons. The molecule has 0 radical (unpaired) electrons. The SMILES string of the molecule is Cc1ccc(F)c(N2C(=O)CC(C)C(C(=O)O)C2C)c1.